The summed E-state index contributed by atoms with van der Waals surface area (Å²) in [6, 6.07) is 3.65. The zero-order chi connectivity index (χ0) is 11.8. The second-order valence-corrected chi connectivity index (χ2v) is 3.73. The summed E-state index contributed by atoms with van der Waals surface area (Å²) in [5, 5.41) is 2.85. The van der Waals surface area contributed by atoms with Crippen molar-refractivity contribution in [1.29, 1.82) is 0 Å². The zero-order valence-electron chi connectivity index (χ0n) is 10.0. The monoisotopic (exact) mass is 224 g/mol. The summed E-state index contributed by atoms with van der Waals surface area (Å²) in [4.78, 5) is 13.6. The van der Waals surface area contributed by atoms with Gasteiger partial charge in [-0.3, -0.25) is 0 Å². The summed E-state index contributed by atoms with van der Waals surface area (Å²) in [6.07, 6.45) is 3.57. The van der Waals surface area contributed by atoms with Gasteiger partial charge < -0.3 is 14.6 Å². The van der Waals surface area contributed by atoms with E-state index >= 15 is 0 Å². The van der Waals surface area contributed by atoms with Gasteiger partial charge in [-0.15, -0.1) is 0 Å². The first-order valence-corrected chi connectivity index (χ1v) is 5.83. The number of carbonyl (C=O) groups excluding carboxylic acids is 1. The molecule has 1 N–H and O–H groups in total. The molecule has 1 heterocycles. The Balaban J connectivity index is 2.36. The topological polar surface area (TPSA) is 45.5 Å². The van der Waals surface area contributed by atoms with Gasteiger partial charge in [0.05, 0.1) is 12.8 Å². The summed E-state index contributed by atoms with van der Waals surface area (Å²) in [6.45, 7) is 6.20. The van der Waals surface area contributed by atoms with Crippen LogP contribution >= 0.6 is 0 Å². The molecule has 16 heavy (non-hydrogen) atoms. The Morgan fingerprint density at radius 3 is 2.56 bits per heavy atom. The third-order valence-corrected chi connectivity index (χ3v) is 2.27. The molecule has 0 saturated heterocycles. The lowest BCUT2D eigenvalue weighted by Gasteiger charge is -2.21. The van der Waals surface area contributed by atoms with Crippen molar-refractivity contribution < 1.29 is 9.21 Å². The predicted molar refractivity (Wildman–Crippen MR) is 63.1 cm³/mol. The first kappa shape index (κ1) is 12.6. The average molecular weight is 224 g/mol. The van der Waals surface area contributed by atoms with Crippen molar-refractivity contribution in [2.45, 2.75) is 33.2 Å². The zero-order valence-corrected chi connectivity index (χ0v) is 10.0. The van der Waals surface area contributed by atoms with Crippen LogP contribution in [0.1, 0.15) is 32.4 Å². The molecule has 0 fully saturated rings. The van der Waals surface area contributed by atoms with Gasteiger partial charge in [0.1, 0.15) is 5.76 Å². The second-order valence-electron chi connectivity index (χ2n) is 3.73. The number of carbonyl (C=O) groups is 1. The lowest BCUT2D eigenvalue weighted by atomic mass is 10.3. The van der Waals surface area contributed by atoms with Crippen LogP contribution in [0.3, 0.4) is 0 Å². The number of nitrogens with one attached hydrogen (secondary N) is 1. The molecule has 0 unspecified atom stereocenters. The molecule has 0 saturated carbocycles. The van der Waals surface area contributed by atoms with Gasteiger partial charge in [0, 0.05) is 13.1 Å². The van der Waals surface area contributed by atoms with Crippen LogP contribution < -0.4 is 5.32 Å². The minimum atomic E-state index is -0.0138. The molecule has 0 aliphatic rings. The number of hydrogen-bond donors (Lipinski definition) is 1. The summed E-state index contributed by atoms with van der Waals surface area (Å²) in [7, 11) is 0. The third-order valence-electron chi connectivity index (χ3n) is 2.27. The van der Waals surface area contributed by atoms with Gasteiger partial charge in [-0.25, -0.2) is 4.79 Å². The van der Waals surface area contributed by atoms with E-state index in [9.17, 15) is 4.79 Å². The molecule has 1 rings (SSSR count). The Labute approximate surface area is 96.6 Å². The van der Waals surface area contributed by atoms with E-state index in [-0.39, 0.29) is 6.03 Å². The van der Waals surface area contributed by atoms with Crippen molar-refractivity contribution in [1.82, 2.24) is 10.2 Å². The number of hydrogen-bond acceptors (Lipinski definition) is 2. The Hall–Kier alpha value is -1.45. The van der Waals surface area contributed by atoms with Crippen LogP contribution in [0, 0.1) is 0 Å². The molecule has 1 aromatic heterocycles. The second kappa shape index (κ2) is 6.93. The number of furan rings is 1. The Morgan fingerprint density at radius 2 is 2.06 bits per heavy atom. The molecule has 0 radical (unpaired) electrons. The number of urea groups is 1. The van der Waals surface area contributed by atoms with E-state index < -0.39 is 0 Å². The third kappa shape index (κ3) is 3.96. The fourth-order valence-corrected chi connectivity index (χ4v) is 1.54. The van der Waals surface area contributed by atoms with E-state index in [2.05, 4.69) is 19.2 Å². The summed E-state index contributed by atoms with van der Waals surface area (Å²) in [5.41, 5.74) is 0. The van der Waals surface area contributed by atoms with Crippen LogP contribution in [0.4, 0.5) is 4.79 Å². The van der Waals surface area contributed by atoms with Crippen molar-refractivity contribution in [3.8, 4) is 0 Å². The highest BCUT2D eigenvalue weighted by atomic mass is 16.3. The summed E-state index contributed by atoms with van der Waals surface area (Å²) < 4.78 is 5.15. The fraction of sp³-hybridized carbons (Fsp3) is 0.583. The highest BCUT2D eigenvalue weighted by Crippen LogP contribution is 2.00. The Kier molecular flexibility index (Phi) is 5.46. The molecule has 2 amide bonds. The summed E-state index contributed by atoms with van der Waals surface area (Å²) in [5.74, 6) is 0.779. The van der Waals surface area contributed by atoms with E-state index in [0.29, 0.717) is 6.54 Å². The Bertz CT molecular complexity index is 290. The number of nitrogens with zero attached hydrogens (tertiary/aromatic N) is 1. The van der Waals surface area contributed by atoms with Crippen LogP contribution in [0.15, 0.2) is 22.8 Å². The quantitative estimate of drug-likeness (QED) is 0.807. The van der Waals surface area contributed by atoms with Crippen molar-refractivity contribution in [3.05, 3.63) is 24.2 Å². The van der Waals surface area contributed by atoms with Crippen LogP contribution in [-0.4, -0.2) is 24.0 Å². The minimum absolute atomic E-state index is 0.0138. The van der Waals surface area contributed by atoms with Gasteiger partial charge in [-0.2, -0.15) is 0 Å². The highest BCUT2D eigenvalue weighted by molar-refractivity contribution is 5.74. The molecule has 0 aromatic carbocycles. The molecule has 90 valence electrons. The van der Waals surface area contributed by atoms with Crippen molar-refractivity contribution >= 4 is 6.03 Å². The largest absolute Gasteiger partial charge is 0.467 e. The molecule has 4 nitrogen and oxygen atoms in total. The maximum atomic E-state index is 11.8. The van der Waals surface area contributed by atoms with Crippen LogP contribution in [0.5, 0.6) is 0 Å². The lowest BCUT2D eigenvalue weighted by molar-refractivity contribution is 0.196. The van der Waals surface area contributed by atoms with E-state index in [1.807, 2.05) is 17.0 Å². The maximum Gasteiger partial charge on any atom is 0.317 e. The molecule has 0 spiro atoms. The minimum Gasteiger partial charge on any atom is -0.467 e. The molecule has 0 aliphatic heterocycles. The maximum absolute atomic E-state index is 11.8. The van der Waals surface area contributed by atoms with Crippen molar-refractivity contribution in [2.24, 2.45) is 0 Å². The van der Waals surface area contributed by atoms with Gasteiger partial charge in [0.2, 0.25) is 0 Å². The smallest absolute Gasteiger partial charge is 0.317 e. The summed E-state index contributed by atoms with van der Waals surface area (Å²) >= 11 is 0. The molecule has 0 bridgehead atoms. The number of rotatable bonds is 6. The standard InChI is InChI=1S/C12H20N2O2/c1-3-7-14(8-4-2)12(15)13-10-11-6-5-9-16-11/h5-6,9H,3-4,7-8,10H2,1-2H3,(H,13,15). The molecule has 0 aliphatic carbocycles. The van der Waals surface area contributed by atoms with Crippen molar-refractivity contribution in [3.63, 3.8) is 0 Å². The van der Waals surface area contributed by atoms with E-state index in [0.717, 1.165) is 31.7 Å². The Morgan fingerprint density at radius 1 is 1.38 bits per heavy atom. The molecule has 0 atom stereocenters. The highest BCUT2D eigenvalue weighted by Gasteiger charge is 2.10. The average Bonchev–Trinajstić information content (AvgIpc) is 2.78. The van der Waals surface area contributed by atoms with Gasteiger partial charge in [0.25, 0.3) is 0 Å². The molecule has 4 heteroatoms. The van der Waals surface area contributed by atoms with Crippen molar-refractivity contribution in [2.75, 3.05) is 13.1 Å². The van der Waals surface area contributed by atoms with Crippen LogP contribution in [-0.2, 0) is 6.54 Å². The van der Waals surface area contributed by atoms with Gasteiger partial charge in [-0.1, -0.05) is 13.8 Å². The normalized spacial score (nSPS) is 10.1. The SMILES string of the molecule is CCCN(CCC)C(=O)NCc1ccco1. The first-order valence-electron chi connectivity index (χ1n) is 5.83. The predicted octanol–water partition coefficient (Wildman–Crippen LogP) is 2.61. The molecule has 1 aromatic rings. The van der Waals surface area contributed by atoms with Gasteiger partial charge in [-0.05, 0) is 25.0 Å². The van der Waals surface area contributed by atoms with Crippen LogP contribution in [0.25, 0.3) is 0 Å². The number of amides is 2. The first-order chi connectivity index (χ1) is 7.77. The van der Waals surface area contributed by atoms with Crippen LogP contribution in [0.2, 0.25) is 0 Å². The van der Waals surface area contributed by atoms with E-state index in [4.69, 9.17) is 4.42 Å². The van der Waals surface area contributed by atoms with E-state index in [1.54, 1.807) is 6.26 Å². The fourth-order valence-electron chi connectivity index (χ4n) is 1.54. The lowest BCUT2D eigenvalue weighted by Crippen LogP contribution is -2.40. The molecular weight excluding hydrogens is 204 g/mol. The van der Waals surface area contributed by atoms with E-state index in [1.165, 1.54) is 0 Å². The van der Waals surface area contributed by atoms with Gasteiger partial charge >= 0.3 is 6.03 Å². The molecular formula is C12H20N2O2. The van der Waals surface area contributed by atoms with Gasteiger partial charge in [0.15, 0.2) is 0 Å².